The maximum atomic E-state index is 11.8. The van der Waals surface area contributed by atoms with Crippen molar-refractivity contribution < 1.29 is 14.4 Å². The summed E-state index contributed by atoms with van der Waals surface area (Å²) in [6.07, 6.45) is 24.8. The summed E-state index contributed by atoms with van der Waals surface area (Å²) in [6.45, 7) is 2.66. The minimum absolute atomic E-state index is 0.379. The van der Waals surface area contributed by atoms with Crippen LogP contribution in [0.4, 0.5) is 4.79 Å². The third-order valence-corrected chi connectivity index (χ3v) is 6.45. The fraction of sp³-hybridized carbons (Fsp3) is 0.750. The highest BCUT2D eigenvalue weighted by atomic mass is 16.8. The van der Waals surface area contributed by atoms with Gasteiger partial charge in [0.25, 0.3) is 0 Å². The van der Waals surface area contributed by atoms with Crippen molar-refractivity contribution in [1.29, 1.82) is 0 Å². The van der Waals surface area contributed by atoms with Crippen LogP contribution >= 0.6 is 0 Å². The lowest BCUT2D eigenvalue weighted by Crippen LogP contribution is -2.22. The van der Waals surface area contributed by atoms with Gasteiger partial charge in [0.05, 0.1) is 6.61 Å². The Labute approximate surface area is 206 Å². The number of fused-ring (bicyclic) bond motifs is 1. The normalized spacial score (nSPS) is 11.2. The van der Waals surface area contributed by atoms with Crippen molar-refractivity contribution in [2.75, 3.05) is 6.61 Å². The average molecular weight is 474 g/mol. The van der Waals surface area contributed by atoms with Crippen LogP contribution in [0.3, 0.4) is 0 Å². The Kier molecular flexibility index (Phi) is 15.9. The highest BCUT2D eigenvalue weighted by Gasteiger charge is 2.10. The molecule has 0 unspecified atom stereocenters. The van der Waals surface area contributed by atoms with Crippen molar-refractivity contribution in [2.24, 2.45) is 0 Å². The van der Waals surface area contributed by atoms with Crippen molar-refractivity contribution in [3.05, 3.63) is 24.3 Å². The monoisotopic (exact) mass is 473 g/mol. The Morgan fingerprint density at radius 1 is 0.706 bits per heavy atom. The SMILES string of the molecule is CCCCCCCCCCCCCCCCCCCCCOC(=O)On1nnc2ccccc21. The van der Waals surface area contributed by atoms with Crippen LogP contribution in [0.25, 0.3) is 11.0 Å². The first-order chi connectivity index (χ1) is 16.8. The Balaban J connectivity index is 1.29. The van der Waals surface area contributed by atoms with Gasteiger partial charge in [0, 0.05) is 0 Å². The third kappa shape index (κ3) is 13.0. The average Bonchev–Trinajstić information content (AvgIpc) is 3.25. The molecule has 0 aliphatic rings. The van der Waals surface area contributed by atoms with E-state index < -0.39 is 6.16 Å². The largest absolute Gasteiger partial charge is 0.535 e. The number of carbonyl (C=O) groups excluding carboxylic acids is 1. The molecule has 0 fully saturated rings. The van der Waals surface area contributed by atoms with Gasteiger partial charge in [-0.2, -0.15) is 0 Å². The number of para-hydroxylation sites is 1. The van der Waals surface area contributed by atoms with Crippen molar-refractivity contribution in [3.63, 3.8) is 0 Å². The molecule has 0 aliphatic heterocycles. The van der Waals surface area contributed by atoms with Gasteiger partial charge in [-0.3, -0.25) is 4.84 Å². The summed E-state index contributed by atoms with van der Waals surface area (Å²) >= 11 is 0. The van der Waals surface area contributed by atoms with E-state index in [4.69, 9.17) is 9.57 Å². The minimum Gasteiger partial charge on any atom is -0.433 e. The highest BCUT2D eigenvalue weighted by Crippen LogP contribution is 2.14. The van der Waals surface area contributed by atoms with E-state index in [1.54, 1.807) is 6.07 Å². The highest BCUT2D eigenvalue weighted by molar-refractivity contribution is 5.74. The van der Waals surface area contributed by atoms with E-state index in [0.717, 1.165) is 17.7 Å². The van der Waals surface area contributed by atoms with E-state index in [-0.39, 0.29) is 0 Å². The van der Waals surface area contributed by atoms with Crippen molar-refractivity contribution in [3.8, 4) is 0 Å². The van der Waals surface area contributed by atoms with Crippen LogP contribution in [0.1, 0.15) is 129 Å². The first kappa shape index (κ1) is 28.1. The number of hydrogen-bond donors (Lipinski definition) is 0. The van der Waals surface area contributed by atoms with Crippen LogP contribution < -0.4 is 4.84 Å². The van der Waals surface area contributed by atoms with E-state index in [2.05, 4.69) is 17.2 Å². The number of rotatable bonds is 21. The second-order valence-electron chi connectivity index (χ2n) is 9.50. The lowest BCUT2D eigenvalue weighted by Gasteiger charge is -2.05. The quantitative estimate of drug-likeness (QED) is 0.103. The summed E-state index contributed by atoms with van der Waals surface area (Å²) in [5.74, 6) is 0. The van der Waals surface area contributed by atoms with Crippen LogP contribution in [0.15, 0.2) is 24.3 Å². The molecule has 0 N–H and O–H groups in total. The Bertz CT molecular complexity index is 762. The van der Waals surface area contributed by atoms with Gasteiger partial charge in [0.15, 0.2) is 0 Å². The van der Waals surface area contributed by atoms with E-state index >= 15 is 0 Å². The van der Waals surface area contributed by atoms with Crippen molar-refractivity contribution in [2.45, 2.75) is 129 Å². The van der Waals surface area contributed by atoms with Gasteiger partial charge in [-0.15, -0.1) is 5.10 Å². The van der Waals surface area contributed by atoms with Gasteiger partial charge >= 0.3 is 6.16 Å². The zero-order chi connectivity index (χ0) is 24.1. The van der Waals surface area contributed by atoms with Gasteiger partial charge in [-0.1, -0.05) is 139 Å². The molecule has 0 aliphatic carbocycles. The topological polar surface area (TPSA) is 66.2 Å². The molecule has 1 heterocycles. The zero-order valence-corrected chi connectivity index (χ0v) is 21.5. The first-order valence-electron chi connectivity index (χ1n) is 14.0. The number of ether oxygens (including phenoxy) is 1. The summed E-state index contributed by atoms with van der Waals surface area (Å²) in [5.41, 5.74) is 1.32. The van der Waals surface area contributed by atoms with Gasteiger partial charge < -0.3 is 4.74 Å². The lowest BCUT2D eigenvalue weighted by molar-refractivity contribution is 0.0385. The predicted molar refractivity (Wildman–Crippen MR) is 139 cm³/mol. The fourth-order valence-electron chi connectivity index (χ4n) is 4.35. The fourth-order valence-corrected chi connectivity index (χ4v) is 4.35. The number of hydrogen-bond acceptors (Lipinski definition) is 5. The van der Waals surface area contributed by atoms with E-state index in [1.807, 2.05) is 18.2 Å². The van der Waals surface area contributed by atoms with E-state index in [1.165, 1.54) is 109 Å². The molecule has 1 aromatic heterocycles. The second-order valence-corrected chi connectivity index (χ2v) is 9.50. The Hall–Kier alpha value is -2.11. The van der Waals surface area contributed by atoms with E-state index in [0.29, 0.717) is 17.6 Å². The summed E-state index contributed by atoms with van der Waals surface area (Å²) in [4.78, 5) is 18.0. The smallest absolute Gasteiger partial charge is 0.433 e. The molecule has 6 nitrogen and oxygen atoms in total. The molecule has 0 amide bonds. The summed E-state index contributed by atoms with van der Waals surface area (Å²) < 4.78 is 5.15. The molecule has 0 radical (unpaired) electrons. The van der Waals surface area contributed by atoms with Crippen LogP contribution in [0.2, 0.25) is 0 Å². The molecule has 0 saturated heterocycles. The molecule has 0 atom stereocenters. The lowest BCUT2D eigenvalue weighted by atomic mass is 10.0. The molecular formula is C28H47N3O3. The third-order valence-electron chi connectivity index (χ3n) is 6.45. The van der Waals surface area contributed by atoms with Gasteiger partial charge in [-0.05, 0) is 23.8 Å². The summed E-state index contributed by atoms with van der Waals surface area (Å²) in [5, 5.41) is 7.75. The zero-order valence-electron chi connectivity index (χ0n) is 21.5. The first-order valence-corrected chi connectivity index (χ1v) is 14.0. The molecular weight excluding hydrogens is 426 g/mol. The van der Waals surface area contributed by atoms with E-state index in [9.17, 15) is 4.79 Å². The molecule has 0 bridgehead atoms. The predicted octanol–water partition coefficient (Wildman–Crippen LogP) is 8.43. The molecule has 2 rings (SSSR count). The molecule has 34 heavy (non-hydrogen) atoms. The molecule has 6 heteroatoms. The Morgan fingerprint density at radius 3 is 1.71 bits per heavy atom. The maximum Gasteiger partial charge on any atom is 0.535 e. The van der Waals surface area contributed by atoms with Crippen LogP contribution in [-0.2, 0) is 4.74 Å². The standard InChI is InChI=1S/C28H47N3O3/c1-2-3-4-5-6-7-8-9-10-11-12-13-14-15-16-17-18-19-22-25-33-28(32)34-31-27-24-21-20-23-26(27)29-30-31/h20-21,23-24H,2-19,22,25H2,1H3. The van der Waals surface area contributed by atoms with Gasteiger partial charge in [-0.25, -0.2) is 4.79 Å². The number of nitrogens with zero attached hydrogens (tertiary/aromatic N) is 3. The van der Waals surface area contributed by atoms with Crippen LogP contribution in [0.5, 0.6) is 0 Å². The minimum atomic E-state index is -0.738. The summed E-state index contributed by atoms with van der Waals surface area (Å²) in [7, 11) is 0. The maximum absolute atomic E-state index is 11.8. The molecule has 192 valence electrons. The van der Waals surface area contributed by atoms with Crippen molar-refractivity contribution in [1.82, 2.24) is 15.2 Å². The Morgan fingerprint density at radius 2 is 1.18 bits per heavy atom. The molecule has 0 saturated carbocycles. The summed E-state index contributed by atoms with van der Waals surface area (Å²) in [6, 6.07) is 7.31. The van der Waals surface area contributed by atoms with Gasteiger partial charge in [0.2, 0.25) is 0 Å². The molecule has 1 aromatic carbocycles. The molecule has 0 spiro atoms. The second kappa shape index (κ2) is 19.2. The van der Waals surface area contributed by atoms with Crippen molar-refractivity contribution >= 4 is 17.2 Å². The number of carbonyl (C=O) groups is 1. The number of aromatic nitrogens is 3. The van der Waals surface area contributed by atoms with Gasteiger partial charge in [0.1, 0.15) is 11.0 Å². The molecule has 2 aromatic rings. The van der Waals surface area contributed by atoms with Crippen LogP contribution in [-0.4, -0.2) is 27.9 Å². The van der Waals surface area contributed by atoms with Crippen LogP contribution in [0, 0.1) is 0 Å². The number of unbranched alkanes of at least 4 members (excludes halogenated alkanes) is 18. The number of benzene rings is 1.